The molecule has 2 N–H and O–H groups in total. The Bertz CT molecular complexity index is 377. The molecule has 1 amide bonds. The van der Waals surface area contributed by atoms with Crippen molar-refractivity contribution in [3.8, 4) is 0 Å². The number of aromatic nitrogens is 1. The lowest BCUT2D eigenvalue weighted by molar-refractivity contribution is 0.0730. The van der Waals surface area contributed by atoms with E-state index in [4.69, 9.17) is 5.73 Å². The van der Waals surface area contributed by atoms with Gasteiger partial charge < -0.3 is 10.6 Å². The van der Waals surface area contributed by atoms with E-state index in [9.17, 15) is 4.79 Å². The monoisotopic (exact) mass is 275 g/mol. The van der Waals surface area contributed by atoms with E-state index in [-0.39, 0.29) is 18.3 Å². The Labute approximate surface area is 112 Å². The van der Waals surface area contributed by atoms with Crippen LogP contribution in [0.3, 0.4) is 0 Å². The molecule has 6 heteroatoms. The standard InChI is InChI=1S/C11H17N3OS.ClH/c1-14(8-4-2-3-5-8)11(15)9-7-16-10(6-12)13-9;/h7-8H,2-6,12H2,1H3;1H. The Hall–Kier alpha value is -0.650. The number of halogens is 1. The van der Waals surface area contributed by atoms with Crippen molar-refractivity contribution < 1.29 is 4.79 Å². The summed E-state index contributed by atoms with van der Waals surface area (Å²) in [7, 11) is 1.87. The first kappa shape index (κ1) is 14.4. The number of hydrogen-bond acceptors (Lipinski definition) is 4. The zero-order chi connectivity index (χ0) is 11.5. The summed E-state index contributed by atoms with van der Waals surface area (Å²) in [6.07, 6.45) is 4.70. The average Bonchev–Trinajstić information content (AvgIpc) is 2.97. The Morgan fingerprint density at radius 1 is 1.59 bits per heavy atom. The third kappa shape index (κ3) is 3.18. The maximum atomic E-state index is 12.1. The minimum Gasteiger partial charge on any atom is -0.337 e. The van der Waals surface area contributed by atoms with Gasteiger partial charge in [0.1, 0.15) is 10.7 Å². The van der Waals surface area contributed by atoms with Gasteiger partial charge in [-0.05, 0) is 12.8 Å². The number of rotatable bonds is 3. The van der Waals surface area contributed by atoms with Gasteiger partial charge in [-0.1, -0.05) is 12.8 Å². The summed E-state index contributed by atoms with van der Waals surface area (Å²) in [5, 5.41) is 2.62. The molecule has 17 heavy (non-hydrogen) atoms. The third-order valence-electron chi connectivity index (χ3n) is 3.14. The first-order valence-electron chi connectivity index (χ1n) is 5.64. The van der Waals surface area contributed by atoms with Gasteiger partial charge in [-0.25, -0.2) is 4.98 Å². The Kier molecular flexibility index (Phi) is 5.36. The van der Waals surface area contributed by atoms with Crippen LogP contribution in [0.15, 0.2) is 5.38 Å². The Morgan fingerprint density at radius 3 is 2.76 bits per heavy atom. The largest absolute Gasteiger partial charge is 0.337 e. The van der Waals surface area contributed by atoms with E-state index < -0.39 is 0 Å². The summed E-state index contributed by atoms with van der Waals surface area (Å²) < 4.78 is 0. The molecule has 1 aromatic rings. The molecule has 4 nitrogen and oxygen atoms in total. The molecule has 0 atom stereocenters. The van der Waals surface area contributed by atoms with E-state index in [2.05, 4.69) is 4.98 Å². The molecule has 1 saturated carbocycles. The van der Waals surface area contributed by atoms with Gasteiger partial charge in [0.25, 0.3) is 5.91 Å². The summed E-state index contributed by atoms with van der Waals surface area (Å²) in [6, 6.07) is 0.399. The molecule has 0 saturated heterocycles. The molecular weight excluding hydrogens is 258 g/mol. The predicted octanol–water partition coefficient (Wildman–Crippen LogP) is 2.04. The first-order valence-corrected chi connectivity index (χ1v) is 6.52. The van der Waals surface area contributed by atoms with Gasteiger partial charge in [-0.3, -0.25) is 4.79 Å². The number of amides is 1. The maximum absolute atomic E-state index is 12.1. The molecule has 1 aromatic heterocycles. The van der Waals surface area contributed by atoms with Gasteiger partial charge in [0.05, 0.1) is 0 Å². The van der Waals surface area contributed by atoms with Crippen molar-refractivity contribution in [1.82, 2.24) is 9.88 Å². The second-order valence-corrected chi connectivity index (χ2v) is 5.13. The van der Waals surface area contributed by atoms with Crippen LogP contribution in [0.4, 0.5) is 0 Å². The number of thiazole rings is 1. The highest BCUT2D eigenvalue weighted by Crippen LogP contribution is 2.23. The maximum Gasteiger partial charge on any atom is 0.273 e. The van der Waals surface area contributed by atoms with Gasteiger partial charge in [-0.15, -0.1) is 23.7 Å². The Morgan fingerprint density at radius 2 is 2.24 bits per heavy atom. The number of carbonyl (C=O) groups is 1. The quantitative estimate of drug-likeness (QED) is 0.918. The fourth-order valence-corrected chi connectivity index (χ4v) is 2.79. The van der Waals surface area contributed by atoms with Gasteiger partial charge in [0, 0.05) is 25.0 Å². The molecule has 0 radical (unpaired) electrons. The van der Waals surface area contributed by atoms with E-state index in [0.717, 1.165) is 17.8 Å². The SMILES string of the molecule is CN(C(=O)c1csc(CN)n1)C1CCCC1.Cl. The third-order valence-corrected chi connectivity index (χ3v) is 4.01. The van der Waals surface area contributed by atoms with E-state index in [1.54, 1.807) is 5.38 Å². The lowest BCUT2D eigenvalue weighted by Gasteiger charge is -2.23. The molecule has 0 unspecified atom stereocenters. The van der Waals surface area contributed by atoms with Crippen LogP contribution < -0.4 is 5.73 Å². The highest BCUT2D eigenvalue weighted by atomic mass is 35.5. The molecule has 1 fully saturated rings. The normalized spacial score (nSPS) is 15.6. The average molecular weight is 276 g/mol. The van der Waals surface area contributed by atoms with Crippen molar-refractivity contribution in [2.75, 3.05) is 7.05 Å². The van der Waals surface area contributed by atoms with E-state index >= 15 is 0 Å². The summed E-state index contributed by atoms with van der Waals surface area (Å²) in [6.45, 7) is 0.408. The number of hydrogen-bond donors (Lipinski definition) is 1. The van der Waals surface area contributed by atoms with Crippen molar-refractivity contribution in [2.45, 2.75) is 38.3 Å². The van der Waals surface area contributed by atoms with Crippen LogP contribution >= 0.6 is 23.7 Å². The van der Waals surface area contributed by atoms with Crippen LogP contribution in [-0.2, 0) is 6.54 Å². The van der Waals surface area contributed by atoms with Gasteiger partial charge in [0.15, 0.2) is 0 Å². The molecule has 96 valence electrons. The van der Waals surface area contributed by atoms with Crippen LogP contribution in [0.5, 0.6) is 0 Å². The minimum absolute atomic E-state index is 0. The van der Waals surface area contributed by atoms with Crippen molar-refractivity contribution >= 4 is 29.7 Å². The minimum atomic E-state index is 0. The highest BCUT2D eigenvalue weighted by molar-refractivity contribution is 7.09. The Balaban J connectivity index is 0.00000144. The molecule has 1 aliphatic rings. The molecule has 0 aromatic carbocycles. The molecule has 1 heterocycles. The smallest absolute Gasteiger partial charge is 0.273 e. The van der Waals surface area contributed by atoms with Crippen LogP contribution in [0.2, 0.25) is 0 Å². The van der Waals surface area contributed by atoms with Crippen molar-refractivity contribution in [2.24, 2.45) is 5.73 Å². The number of nitrogens with zero attached hydrogens (tertiary/aromatic N) is 2. The van der Waals surface area contributed by atoms with Crippen molar-refractivity contribution in [3.05, 3.63) is 16.1 Å². The van der Waals surface area contributed by atoms with E-state index in [0.29, 0.717) is 18.3 Å². The van der Waals surface area contributed by atoms with Crippen LogP contribution in [0.1, 0.15) is 41.2 Å². The zero-order valence-electron chi connectivity index (χ0n) is 9.89. The highest BCUT2D eigenvalue weighted by Gasteiger charge is 2.25. The second kappa shape index (κ2) is 6.33. The summed E-state index contributed by atoms with van der Waals surface area (Å²) in [4.78, 5) is 18.1. The summed E-state index contributed by atoms with van der Waals surface area (Å²) >= 11 is 1.45. The predicted molar refractivity (Wildman–Crippen MR) is 71.6 cm³/mol. The lowest BCUT2D eigenvalue weighted by atomic mass is 10.2. The van der Waals surface area contributed by atoms with E-state index in [1.807, 2.05) is 11.9 Å². The number of nitrogens with two attached hydrogens (primary N) is 1. The van der Waals surface area contributed by atoms with Gasteiger partial charge in [0.2, 0.25) is 0 Å². The van der Waals surface area contributed by atoms with Gasteiger partial charge in [-0.2, -0.15) is 0 Å². The summed E-state index contributed by atoms with van der Waals surface area (Å²) in [5.74, 6) is 0.0304. The summed E-state index contributed by atoms with van der Waals surface area (Å²) in [5.41, 5.74) is 6.03. The molecule has 0 aliphatic heterocycles. The fourth-order valence-electron chi connectivity index (χ4n) is 2.14. The van der Waals surface area contributed by atoms with Crippen molar-refractivity contribution in [3.63, 3.8) is 0 Å². The fraction of sp³-hybridized carbons (Fsp3) is 0.636. The van der Waals surface area contributed by atoms with Crippen LogP contribution in [-0.4, -0.2) is 28.9 Å². The zero-order valence-corrected chi connectivity index (χ0v) is 11.5. The second-order valence-electron chi connectivity index (χ2n) is 4.18. The number of carbonyl (C=O) groups excluding carboxylic acids is 1. The topological polar surface area (TPSA) is 59.2 Å². The van der Waals surface area contributed by atoms with Crippen LogP contribution in [0.25, 0.3) is 0 Å². The molecular formula is C11H18ClN3OS. The van der Waals surface area contributed by atoms with E-state index in [1.165, 1.54) is 24.2 Å². The molecule has 0 spiro atoms. The molecule has 2 rings (SSSR count). The van der Waals surface area contributed by atoms with Crippen molar-refractivity contribution in [1.29, 1.82) is 0 Å². The van der Waals surface area contributed by atoms with Crippen LogP contribution in [0, 0.1) is 0 Å². The van der Waals surface area contributed by atoms with Gasteiger partial charge >= 0.3 is 0 Å². The molecule has 1 aliphatic carbocycles. The lowest BCUT2D eigenvalue weighted by Crippen LogP contribution is -2.35. The first-order chi connectivity index (χ1) is 7.72. The molecule has 0 bridgehead atoms.